The van der Waals surface area contributed by atoms with Gasteiger partial charge < -0.3 is 4.90 Å². The van der Waals surface area contributed by atoms with Gasteiger partial charge in [0.2, 0.25) is 0 Å². The maximum Gasteiger partial charge on any atom is 0.0754 e. The molecule has 0 atom stereocenters. The topological polar surface area (TPSA) is 3.24 Å². The van der Waals surface area contributed by atoms with E-state index in [9.17, 15) is 0 Å². The Morgan fingerprint density at radius 1 is 1.20 bits per heavy atom. The third kappa shape index (κ3) is 3.30. The minimum Gasteiger partial charge on any atom is -0.339 e. The Bertz CT molecular complexity index is 266. The van der Waals surface area contributed by atoms with Crippen molar-refractivity contribution in [3.05, 3.63) is 21.7 Å². The van der Waals surface area contributed by atoms with Gasteiger partial charge in [-0.3, -0.25) is 0 Å². The highest BCUT2D eigenvalue weighted by molar-refractivity contribution is 8.06. The molecule has 0 saturated carbocycles. The van der Waals surface area contributed by atoms with Crippen LogP contribution in [0.1, 0.15) is 53.4 Å². The molecule has 0 unspecified atom stereocenters. The molecule has 0 aromatic carbocycles. The number of allylic oxidation sites excluding steroid dienone is 3. The third-order valence-corrected chi connectivity index (χ3v) is 3.98. The van der Waals surface area contributed by atoms with Crippen LogP contribution in [-0.4, -0.2) is 11.4 Å². The lowest BCUT2D eigenvalue weighted by Crippen LogP contribution is -2.17. The molecule has 0 radical (unpaired) electrons. The average Bonchev–Trinajstić information content (AvgIpc) is 2.50. The molecule has 15 heavy (non-hydrogen) atoms. The summed E-state index contributed by atoms with van der Waals surface area (Å²) >= 11 is 1.94. The second-order valence-electron chi connectivity index (χ2n) is 4.08. The summed E-state index contributed by atoms with van der Waals surface area (Å²) in [5.41, 5.74) is 1.45. The number of rotatable bonds is 5. The second-order valence-corrected chi connectivity index (χ2v) is 5.31. The highest BCUT2D eigenvalue weighted by Crippen LogP contribution is 2.40. The Hall–Kier alpha value is -0.370. The molecule has 0 saturated heterocycles. The van der Waals surface area contributed by atoms with Crippen molar-refractivity contribution in [1.82, 2.24) is 4.90 Å². The summed E-state index contributed by atoms with van der Waals surface area (Å²) in [7, 11) is 0. The van der Waals surface area contributed by atoms with Crippen molar-refractivity contribution in [2.75, 3.05) is 6.54 Å². The van der Waals surface area contributed by atoms with Gasteiger partial charge in [-0.25, -0.2) is 0 Å². The molecule has 1 aliphatic heterocycles. The van der Waals surface area contributed by atoms with E-state index in [1.54, 1.807) is 0 Å². The second kappa shape index (κ2) is 6.26. The summed E-state index contributed by atoms with van der Waals surface area (Å²) < 4.78 is 0. The molecule has 1 nitrogen and oxygen atoms in total. The predicted octanol–water partition coefficient (Wildman–Crippen LogP) is 4.73. The van der Waals surface area contributed by atoms with E-state index in [2.05, 4.69) is 38.7 Å². The maximum absolute atomic E-state index is 2.49. The number of unbranched alkanes of at least 4 members (excludes halogenated alkanes) is 2. The first-order chi connectivity index (χ1) is 7.20. The number of nitrogens with zero attached hydrogens (tertiary/aromatic N) is 1. The van der Waals surface area contributed by atoms with Crippen molar-refractivity contribution in [2.45, 2.75) is 53.4 Å². The first-order valence-corrected chi connectivity index (χ1v) is 6.85. The fourth-order valence-corrected chi connectivity index (χ4v) is 2.77. The first kappa shape index (κ1) is 12.7. The standard InChI is InChI=1S/C13H23NS/c1-5-7-9-13-14(10-8-6-2)11(3)12(4)15-13/h9H,5-8,10H2,1-4H3. The Balaban J connectivity index is 2.66. The monoisotopic (exact) mass is 225 g/mol. The van der Waals surface area contributed by atoms with E-state index < -0.39 is 0 Å². The molecule has 0 aromatic rings. The van der Waals surface area contributed by atoms with Crippen molar-refractivity contribution >= 4 is 11.8 Å². The van der Waals surface area contributed by atoms with Gasteiger partial charge in [0.05, 0.1) is 5.03 Å². The van der Waals surface area contributed by atoms with E-state index in [4.69, 9.17) is 0 Å². The van der Waals surface area contributed by atoms with Gasteiger partial charge in [0, 0.05) is 17.1 Å². The number of hydrogen-bond acceptors (Lipinski definition) is 2. The molecule has 2 heteroatoms. The Labute approximate surface area is 98.6 Å². The fraction of sp³-hybridized carbons (Fsp3) is 0.692. The SMILES string of the molecule is CCCC=C1SC(C)=C(C)N1CCCC. The van der Waals surface area contributed by atoms with Gasteiger partial charge in [-0.2, -0.15) is 0 Å². The lowest BCUT2D eigenvalue weighted by molar-refractivity contribution is 0.443. The molecule has 0 fully saturated rings. The quantitative estimate of drug-likeness (QED) is 0.665. The van der Waals surface area contributed by atoms with Gasteiger partial charge in [-0.1, -0.05) is 44.5 Å². The van der Waals surface area contributed by atoms with Gasteiger partial charge in [0.15, 0.2) is 0 Å². The van der Waals surface area contributed by atoms with Gasteiger partial charge in [0.1, 0.15) is 0 Å². The van der Waals surface area contributed by atoms with Crippen LogP contribution in [0, 0.1) is 0 Å². The van der Waals surface area contributed by atoms with Crippen LogP contribution in [0.5, 0.6) is 0 Å². The molecule has 0 bridgehead atoms. The first-order valence-electron chi connectivity index (χ1n) is 6.03. The normalized spacial score (nSPS) is 19.5. The zero-order chi connectivity index (χ0) is 11.3. The van der Waals surface area contributed by atoms with Crippen LogP contribution in [0.4, 0.5) is 0 Å². The van der Waals surface area contributed by atoms with Crippen LogP contribution >= 0.6 is 11.8 Å². The smallest absolute Gasteiger partial charge is 0.0754 e. The van der Waals surface area contributed by atoms with Crippen molar-refractivity contribution in [3.8, 4) is 0 Å². The summed E-state index contributed by atoms with van der Waals surface area (Å²) in [5.74, 6) is 0. The van der Waals surface area contributed by atoms with Crippen molar-refractivity contribution in [3.63, 3.8) is 0 Å². The van der Waals surface area contributed by atoms with E-state index in [-0.39, 0.29) is 0 Å². The maximum atomic E-state index is 2.49. The average molecular weight is 225 g/mol. The Morgan fingerprint density at radius 3 is 2.53 bits per heavy atom. The molecule has 0 spiro atoms. The van der Waals surface area contributed by atoms with Crippen molar-refractivity contribution < 1.29 is 0 Å². The predicted molar refractivity (Wildman–Crippen MR) is 70.6 cm³/mol. The summed E-state index contributed by atoms with van der Waals surface area (Å²) in [6.07, 6.45) is 7.39. The molecule has 0 N–H and O–H groups in total. The molecule has 1 heterocycles. The Kier molecular flexibility index (Phi) is 5.30. The van der Waals surface area contributed by atoms with Gasteiger partial charge >= 0.3 is 0 Å². The van der Waals surface area contributed by atoms with E-state index in [1.807, 2.05) is 11.8 Å². The molecule has 0 aliphatic carbocycles. The summed E-state index contributed by atoms with van der Waals surface area (Å²) in [4.78, 5) is 3.95. The lowest BCUT2D eigenvalue weighted by Gasteiger charge is -2.21. The van der Waals surface area contributed by atoms with Crippen LogP contribution in [0.25, 0.3) is 0 Å². The van der Waals surface area contributed by atoms with Crippen LogP contribution in [0.3, 0.4) is 0 Å². The summed E-state index contributed by atoms with van der Waals surface area (Å²) in [5, 5.41) is 1.46. The van der Waals surface area contributed by atoms with E-state index >= 15 is 0 Å². The largest absolute Gasteiger partial charge is 0.339 e. The van der Waals surface area contributed by atoms with Crippen LogP contribution in [0.2, 0.25) is 0 Å². The van der Waals surface area contributed by atoms with Crippen molar-refractivity contribution in [1.29, 1.82) is 0 Å². The minimum atomic E-state index is 1.18. The van der Waals surface area contributed by atoms with Gasteiger partial charge in [-0.15, -0.1) is 0 Å². The molecule has 0 amide bonds. The highest BCUT2D eigenvalue weighted by Gasteiger charge is 2.21. The molecular formula is C13H23NS. The van der Waals surface area contributed by atoms with E-state index in [1.165, 1.54) is 47.9 Å². The van der Waals surface area contributed by atoms with Crippen LogP contribution in [0.15, 0.2) is 21.7 Å². The van der Waals surface area contributed by atoms with Crippen LogP contribution in [-0.2, 0) is 0 Å². The van der Waals surface area contributed by atoms with Gasteiger partial charge in [0.25, 0.3) is 0 Å². The fourth-order valence-electron chi connectivity index (χ4n) is 1.65. The van der Waals surface area contributed by atoms with Crippen molar-refractivity contribution in [2.24, 2.45) is 0 Å². The highest BCUT2D eigenvalue weighted by atomic mass is 32.2. The minimum absolute atomic E-state index is 1.18. The molecule has 0 aromatic heterocycles. The number of thioether (sulfide) groups is 1. The van der Waals surface area contributed by atoms with E-state index in [0.717, 1.165) is 0 Å². The molecule has 1 rings (SSSR count). The van der Waals surface area contributed by atoms with Crippen LogP contribution < -0.4 is 0 Å². The van der Waals surface area contributed by atoms with Gasteiger partial charge in [-0.05, 0) is 26.7 Å². The zero-order valence-corrected chi connectivity index (χ0v) is 11.3. The molecule has 86 valence electrons. The molecular weight excluding hydrogens is 202 g/mol. The number of hydrogen-bond donors (Lipinski definition) is 0. The lowest BCUT2D eigenvalue weighted by atomic mass is 10.3. The zero-order valence-electron chi connectivity index (χ0n) is 10.5. The summed E-state index contributed by atoms with van der Waals surface area (Å²) in [6, 6.07) is 0. The summed E-state index contributed by atoms with van der Waals surface area (Å²) in [6.45, 7) is 10.1. The third-order valence-electron chi connectivity index (χ3n) is 2.78. The van der Waals surface area contributed by atoms with E-state index in [0.29, 0.717) is 0 Å². The molecule has 1 aliphatic rings. The Morgan fingerprint density at radius 2 is 1.93 bits per heavy atom.